The largest absolute Gasteiger partial charge is 0.506 e. The van der Waals surface area contributed by atoms with Gasteiger partial charge in [0.2, 0.25) is 5.91 Å². The van der Waals surface area contributed by atoms with E-state index < -0.39 is 0 Å². The number of benzene rings is 1. The number of carbonyl (C=O) groups is 1. The highest BCUT2D eigenvalue weighted by molar-refractivity contribution is 5.92. The van der Waals surface area contributed by atoms with Crippen molar-refractivity contribution < 1.29 is 9.90 Å². The molecule has 0 bridgehead atoms. The van der Waals surface area contributed by atoms with Gasteiger partial charge in [0.25, 0.3) is 0 Å². The molecule has 26 heavy (non-hydrogen) atoms. The summed E-state index contributed by atoms with van der Waals surface area (Å²) in [6.45, 7) is 2.26. The fourth-order valence-electron chi connectivity index (χ4n) is 3.17. The predicted octanol–water partition coefficient (Wildman–Crippen LogP) is 6.39. The number of nitrogens with two attached hydrogens (primary N) is 1. The number of unbranched alkanes of at least 4 members (excludes halogenated alkanes) is 12. The number of nitrogens with one attached hydrogen (secondary N) is 1. The first-order chi connectivity index (χ1) is 12.6. The Hall–Kier alpha value is -1.71. The highest BCUT2D eigenvalue weighted by atomic mass is 16.3. The molecule has 1 amide bonds. The zero-order valence-electron chi connectivity index (χ0n) is 16.6. The maximum absolute atomic E-state index is 11.9. The number of aromatic hydroxyl groups is 1. The van der Waals surface area contributed by atoms with Crippen LogP contribution in [-0.2, 0) is 4.79 Å². The molecule has 0 atom stereocenters. The van der Waals surface area contributed by atoms with E-state index in [0.717, 1.165) is 12.8 Å². The maximum atomic E-state index is 11.9. The third-order valence-electron chi connectivity index (χ3n) is 4.80. The van der Waals surface area contributed by atoms with Gasteiger partial charge in [-0.3, -0.25) is 4.79 Å². The van der Waals surface area contributed by atoms with Gasteiger partial charge in [-0.1, -0.05) is 84.0 Å². The standard InChI is InChI=1S/C22H38N2O2/c1-2-3-4-5-6-7-8-9-10-11-12-13-14-15-22(26)24-20-17-16-19(23)18-21(20)25/h16-18,25H,2-15,23H2,1H3,(H,24,26). The number of amides is 1. The first kappa shape index (κ1) is 22.3. The lowest BCUT2D eigenvalue weighted by Gasteiger charge is -2.08. The van der Waals surface area contributed by atoms with Crippen molar-refractivity contribution in [2.24, 2.45) is 0 Å². The molecule has 0 aliphatic rings. The number of hydrogen-bond acceptors (Lipinski definition) is 3. The smallest absolute Gasteiger partial charge is 0.224 e. The Bertz CT molecular complexity index is 503. The molecule has 0 heterocycles. The summed E-state index contributed by atoms with van der Waals surface area (Å²) < 4.78 is 0. The van der Waals surface area contributed by atoms with Crippen molar-refractivity contribution in [2.45, 2.75) is 96.8 Å². The van der Waals surface area contributed by atoms with E-state index in [4.69, 9.17) is 5.73 Å². The average molecular weight is 363 g/mol. The number of nitrogen functional groups attached to an aromatic ring is 1. The quantitative estimate of drug-likeness (QED) is 0.192. The van der Waals surface area contributed by atoms with Crippen molar-refractivity contribution in [3.8, 4) is 5.75 Å². The van der Waals surface area contributed by atoms with Gasteiger partial charge in [0.1, 0.15) is 5.75 Å². The average Bonchev–Trinajstić information content (AvgIpc) is 2.61. The molecule has 4 nitrogen and oxygen atoms in total. The Labute approximate surface area is 159 Å². The summed E-state index contributed by atoms with van der Waals surface area (Å²) in [5.74, 6) is -0.0307. The van der Waals surface area contributed by atoms with Gasteiger partial charge in [-0.25, -0.2) is 0 Å². The van der Waals surface area contributed by atoms with Gasteiger partial charge in [-0.2, -0.15) is 0 Å². The third kappa shape index (κ3) is 11.0. The molecule has 0 saturated heterocycles. The molecule has 0 fully saturated rings. The molecular weight excluding hydrogens is 324 g/mol. The second kappa shape index (κ2) is 14.5. The molecule has 148 valence electrons. The fourth-order valence-corrected chi connectivity index (χ4v) is 3.17. The Morgan fingerprint density at radius 1 is 0.885 bits per heavy atom. The molecule has 1 rings (SSSR count). The van der Waals surface area contributed by atoms with Crippen molar-refractivity contribution in [2.75, 3.05) is 11.1 Å². The topological polar surface area (TPSA) is 75.4 Å². The molecule has 0 aliphatic carbocycles. The number of rotatable bonds is 15. The summed E-state index contributed by atoms with van der Waals surface area (Å²) in [5, 5.41) is 12.5. The maximum Gasteiger partial charge on any atom is 0.224 e. The van der Waals surface area contributed by atoms with Gasteiger partial charge in [-0.15, -0.1) is 0 Å². The van der Waals surface area contributed by atoms with Gasteiger partial charge in [-0.05, 0) is 18.6 Å². The molecule has 0 unspecified atom stereocenters. The normalized spacial score (nSPS) is 10.8. The Balaban J connectivity index is 1.92. The van der Waals surface area contributed by atoms with Crippen molar-refractivity contribution in [3.63, 3.8) is 0 Å². The third-order valence-corrected chi connectivity index (χ3v) is 4.80. The van der Waals surface area contributed by atoms with Crippen LogP contribution in [0.3, 0.4) is 0 Å². The van der Waals surface area contributed by atoms with E-state index in [0.29, 0.717) is 17.8 Å². The Morgan fingerprint density at radius 3 is 1.88 bits per heavy atom. The lowest BCUT2D eigenvalue weighted by molar-refractivity contribution is -0.116. The highest BCUT2D eigenvalue weighted by Gasteiger charge is 2.06. The van der Waals surface area contributed by atoms with E-state index in [-0.39, 0.29) is 11.7 Å². The zero-order valence-corrected chi connectivity index (χ0v) is 16.6. The van der Waals surface area contributed by atoms with Crippen LogP contribution in [0.2, 0.25) is 0 Å². The molecule has 0 spiro atoms. The minimum absolute atomic E-state index is 0.0173. The summed E-state index contributed by atoms with van der Waals surface area (Å²) in [6.07, 6.45) is 17.3. The second-order valence-corrected chi connectivity index (χ2v) is 7.32. The van der Waals surface area contributed by atoms with E-state index in [9.17, 15) is 9.90 Å². The summed E-state index contributed by atoms with van der Waals surface area (Å²) in [6, 6.07) is 4.74. The van der Waals surface area contributed by atoms with Gasteiger partial charge in [0.15, 0.2) is 0 Å². The molecule has 0 saturated carbocycles. The van der Waals surface area contributed by atoms with Crippen LogP contribution in [0.1, 0.15) is 96.8 Å². The van der Waals surface area contributed by atoms with E-state index >= 15 is 0 Å². The summed E-state index contributed by atoms with van der Waals surface area (Å²) in [5.41, 5.74) is 6.49. The minimum Gasteiger partial charge on any atom is -0.506 e. The van der Waals surface area contributed by atoms with Crippen molar-refractivity contribution in [1.82, 2.24) is 0 Å². The van der Waals surface area contributed by atoms with Gasteiger partial charge >= 0.3 is 0 Å². The first-order valence-corrected chi connectivity index (χ1v) is 10.5. The second-order valence-electron chi connectivity index (χ2n) is 7.32. The van der Waals surface area contributed by atoms with Crippen molar-refractivity contribution in [1.29, 1.82) is 0 Å². The molecular formula is C22H38N2O2. The Morgan fingerprint density at radius 2 is 1.38 bits per heavy atom. The van der Waals surface area contributed by atoms with E-state index in [2.05, 4.69) is 12.2 Å². The highest BCUT2D eigenvalue weighted by Crippen LogP contribution is 2.25. The minimum atomic E-state index is -0.0480. The lowest BCUT2D eigenvalue weighted by atomic mass is 10.0. The van der Waals surface area contributed by atoms with Crippen LogP contribution in [0.15, 0.2) is 18.2 Å². The van der Waals surface area contributed by atoms with Crippen LogP contribution >= 0.6 is 0 Å². The summed E-state index contributed by atoms with van der Waals surface area (Å²) in [7, 11) is 0. The molecule has 0 radical (unpaired) electrons. The molecule has 4 N–H and O–H groups in total. The fraction of sp³-hybridized carbons (Fsp3) is 0.682. The summed E-state index contributed by atoms with van der Waals surface area (Å²) >= 11 is 0. The molecule has 0 aliphatic heterocycles. The monoisotopic (exact) mass is 362 g/mol. The number of phenols is 1. The van der Waals surface area contributed by atoms with Gasteiger partial charge < -0.3 is 16.2 Å². The molecule has 4 heteroatoms. The van der Waals surface area contributed by atoms with Crippen LogP contribution in [0.5, 0.6) is 5.75 Å². The van der Waals surface area contributed by atoms with Crippen molar-refractivity contribution >= 4 is 17.3 Å². The van der Waals surface area contributed by atoms with Gasteiger partial charge in [0, 0.05) is 18.2 Å². The number of anilines is 2. The van der Waals surface area contributed by atoms with Crippen LogP contribution < -0.4 is 11.1 Å². The first-order valence-electron chi connectivity index (χ1n) is 10.5. The van der Waals surface area contributed by atoms with E-state index in [1.165, 1.54) is 76.7 Å². The van der Waals surface area contributed by atoms with E-state index in [1.54, 1.807) is 12.1 Å². The Kier molecular flexibility index (Phi) is 12.4. The zero-order chi connectivity index (χ0) is 19.0. The predicted molar refractivity (Wildman–Crippen MR) is 111 cm³/mol. The molecule has 0 aromatic heterocycles. The van der Waals surface area contributed by atoms with Crippen LogP contribution in [0, 0.1) is 0 Å². The number of carbonyl (C=O) groups excluding carboxylic acids is 1. The number of hydrogen-bond donors (Lipinski definition) is 3. The molecule has 1 aromatic carbocycles. The number of phenolic OH excluding ortho intramolecular Hbond substituents is 1. The van der Waals surface area contributed by atoms with Crippen molar-refractivity contribution in [3.05, 3.63) is 18.2 Å². The van der Waals surface area contributed by atoms with E-state index in [1.807, 2.05) is 0 Å². The lowest BCUT2D eigenvalue weighted by Crippen LogP contribution is -2.11. The van der Waals surface area contributed by atoms with Crippen LogP contribution in [0.4, 0.5) is 11.4 Å². The SMILES string of the molecule is CCCCCCCCCCCCCCCC(=O)Nc1ccc(N)cc1O. The van der Waals surface area contributed by atoms with Crippen LogP contribution in [-0.4, -0.2) is 11.0 Å². The molecule has 1 aromatic rings. The summed E-state index contributed by atoms with van der Waals surface area (Å²) in [4.78, 5) is 11.9. The van der Waals surface area contributed by atoms with Gasteiger partial charge in [0.05, 0.1) is 5.69 Å². The van der Waals surface area contributed by atoms with Crippen LogP contribution in [0.25, 0.3) is 0 Å².